The lowest BCUT2D eigenvalue weighted by Crippen LogP contribution is -2.61. The second kappa shape index (κ2) is 6.67. The van der Waals surface area contributed by atoms with Crippen molar-refractivity contribution >= 4 is 31.5 Å². The summed E-state index contributed by atoms with van der Waals surface area (Å²) in [5, 5.41) is 2.79. The largest absolute Gasteiger partial charge is 0.214 e. The molecule has 0 amide bonds. The van der Waals surface area contributed by atoms with Gasteiger partial charge in [-0.1, -0.05) is 65.0 Å². The van der Waals surface area contributed by atoms with Crippen LogP contribution in [0, 0.1) is 0 Å². The molecule has 1 atom stereocenters. The second-order valence-electron chi connectivity index (χ2n) is 8.91. The van der Waals surface area contributed by atoms with E-state index in [1.807, 2.05) is 11.3 Å². The van der Waals surface area contributed by atoms with Gasteiger partial charge in [0.25, 0.3) is 0 Å². The van der Waals surface area contributed by atoms with Crippen LogP contribution in [0.2, 0.25) is 0 Å². The summed E-state index contributed by atoms with van der Waals surface area (Å²) in [7, 11) is 0. The highest BCUT2D eigenvalue weighted by atomic mass is 32.1. The van der Waals surface area contributed by atoms with Crippen molar-refractivity contribution in [1.82, 2.24) is 0 Å². The molecule has 1 aliphatic rings. The number of rotatable bonds is 3. The molecule has 0 N–H and O–H groups in total. The Morgan fingerprint density at radius 2 is 1.76 bits per heavy atom. The fourth-order valence-electron chi connectivity index (χ4n) is 5.59. The van der Waals surface area contributed by atoms with E-state index in [-0.39, 0.29) is 5.54 Å². The Morgan fingerprint density at radius 1 is 1.00 bits per heavy atom. The average Bonchev–Trinajstić information content (AvgIpc) is 3.13. The number of thiophene rings is 1. The number of hydrogen-bond acceptors (Lipinski definition) is 1. The molecule has 0 saturated heterocycles. The first-order chi connectivity index (χ1) is 14.0. The molecular formula is C27H30NS+. The van der Waals surface area contributed by atoms with Crippen LogP contribution in [-0.2, 0) is 5.54 Å². The SMILES string of the molecule is CCC1(CC)C(C)c2ccc3c(sc4ccccc43)c2-c2cc(C(C)C)cc[n+]21. The molecule has 0 spiro atoms. The van der Waals surface area contributed by atoms with Gasteiger partial charge in [0.1, 0.15) is 0 Å². The Balaban J connectivity index is 1.93. The van der Waals surface area contributed by atoms with E-state index >= 15 is 0 Å². The number of nitrogens with zero attached hydrogens (tertiary/aromatic N) is 1. The van der Waals surface area contributed by atoms with Gasteiger partial charge in [0.05, 0.1) is 5.56 Å². The van der Waals surface area contributed by atoms with Crippen molar-refractivity contribution in [3.63, 3.8) is 0 Å². The Kier molecular flexibility index (Phi) is 4.33. The summed E-state index contributed by atoms with van der Waals surface area (Å²) in [4.78, 5) is 0. The van der Waals surface area contributed by atoms with Crippen LogP contribution in [0.5, 0.6) is 0 Å². The van der Waals surface area contributed by atoms with Crippen molar-refractivity contribution in [3.05, 3.63) is 65.9 Å². The maximum atomic E-state index is 2.62. The Hall–Kier alpha value is -2.19. The zero-order valence-electron chi connectivity index (χ0n) is 18.1. The summed E-state index contributed by atoms with van der Waals surface area (Å²) in [6.07, 6.45) is 4.67. The van der Waals surface area contributed by atoms with Gasteiger partial charge >= 0.3 is 0 Å². The predicted molar refractivity (Wildman–Crippen MR) is 126 cm³/mol. The average molecular weight is 401 g/mol. The maximum absolute atomic E-state index is 2.62. The first-order valence-corrected chi connectivity index (χ1v) is 11.8. The van der Waals surface area contributed by atoms with E-state index in [2.05, 4.69) is 93.9 Å². The summed E-state index contributed by atoms with van der Waals surface area (Å²) >= 11 is 1.96. The fraction of sp³-hybridized carbons (Fsp3) is 0.370. The van der Waals surface area contributed by atoms with Gasteiger partial charge in [0.2, 0.25) is 5.69 Å². The number of benzene rings is 2. The molecule has 2 aromatic heterocycles. The highest BCUT2D eigenvalue weighted by Crippen LogP contribution is 2.50. The molecule has 5 rings (SSSR count). The van der Waals surface area contributed by atoms with Crippen LogP contribution in [0.3, 0.4) is 0 Å². The van der Waals surface area contributed by atoms with Crippen LogP contribution in [0.15, 0.2) is 54.7 Å². The predicted octanol–water partition coefficient (Wildman–Crippen LogP) is 7.76. The van der Waals surface area contributed by atoms with Crippen molar-refractivity contribution < 1.29 is 4.57 Å². The van der Waals surface area contributed by atoms with E-state index < -0.39 is 0 Å². The van der Waals surface area contributed by atoms with Crippen molar-refractivity contribution in [2.75, 3.05) is 0 Å². The van der Waals surface area contributed by atoms with Gasteiger partial charge in [-0.2, -0.15) is 4.57 Å². The first-order valence-electron chi connectivity index (χ1n) is 11.0. The molecule has 148 valence electrons. The second-order valence-corrected chi connectivity index (χ2v) is 9.96. The van der Waals surface area contributed by atoms with Crippen molar-refractivity contribution in [2.24, 2.45) is 0 Å². The summed E-state index contributed by atoms with van der Waals surface area (Å²) in [5.41, 5.74) is 5.97. The van der Waals surface area contributed by atoms with Gasteiger partial charge < -0.3 is 0 Å². The summed E-state index contributed by atoms with van der Waals surface area (Å²) in [6.45, 7) is 11.8. The highest BCUT2D eigenvalue weighted by Gasteiger charge is 2.49. The van der Waals surface area contributed by atoms with E-state index in [1.165, 1.54) is 42.6 Å². The topological polar surface area (TPSA) is 3.88 Å². The Labute approximate surface area is 178 Å². The third-order valence-electron chi connectivity index (χ3n) is 7.46. The standard InChI is InChI=1S/C27H30NS/c1-6-27(7-2)18(5)20-12-13-22-21-10-8-9-11-24(21)29-26(22)25(20)23-16-19(17(3)4)14-15-28(23)27/h8-18H,6-7H2,1-5H3/q+1. The van der Waals surface area contributed by atoms with Crippen LogP contribution in [-0.4, -0.2) is 0 Å². The van der Waals surface area contributed by atoms with Crippen LogP contribution in [0.4, 0.5) is 0 Å². The molecule has 0 radical (unpaired) electrons. The van der Waals surface area contributed by atoms with E-state index in [0.717, 1.165) is 12.8 Å². The van der Waals surface area contributed by atoms with Crippen molar-refractivity contribution in [2.45, 2.75) is 64.8 Å². The van der Waals surface area contributed by atoms with Crippen molar-refractivity contribution in [3.8, 4) is 11.3 Å². The van der Waals surface area contributed by atoms with E-state index in [1.54, 1.807) is 0 Å². The molecule has 2 aromatic carbocycles. The normalized spacial score (nSPS) is 17.7. The summed E-state index contributed by atoms with van der Waals surface area (Å²) in [6, 6.07) is 18.5. The quantitative estimate of drug-likeness (QED) is 0.309. The van der Waals surface area contributed by atoms with Gasteiger partial charge in [0.15, 0.2) is 11.7 Å². The van der Waals surface area contributed by atoms with Gasteiger partial charge in [-0.15, -0.1) is 11.3 Å². The van der Waals surface area contributed by atoms with Crippen LogP contribution in [0.1, 0.15) is 70.4 Å². The van der Waals surface area contributed by atoms with E-state index in [9.17, 15) is 0 Å². The molecule has 1 unspecified atom stereocenters. The molecule has 1 aliphatic heterocycles. The monoisotopic (exact) mass is 400 g/mol. The molecule has 0 saturated carbocycles. The number of fused-ring (bicyclic) bond motifs is 7. The minimum atomic E-state index is 0.141. The van der Waals surface area contributed by atoms with Gasteiger partial charge in [0, 0.05) is 51.1 Å². The molecule has 4 aromatic rings. The lowest BCUT2D eigenvalue weighted by atomic mass is 9.71. The van der Waals surface area contributed by atoms with Crippen LogP contribution < -0.4 is 4.57 Å². The minimum Gasteiger partial charge on any atom is -0.192 e. The molecule has 0 bridgehead atoms. The minimum absolute atomic E-state index is 0.141. The fourth-order valence-corrected chi connectivity index (χ4v) is 6.85. The first kappa shape index (κ1) is 18.8. The molecular weight excluding hydrogens is 370 g/mol. The maximum Gasteiger partial charge on any atom is 0.214 e. The zero-order valence-corrected chi connectivity index (χ0v) is 18.9. The number of pyridine rings is 1. The van der Waals surface area contributed by atoms with E-state index in [0.29, 0.717) is 11.8 Å². The number of aromatic nitrogens is 1. The van der Waals surface area contributed by atoms with Gasteiger partial charge in [-0.3, -0.25) is 0 Å². The zero-order chi connectivity index (χ0) is 20.3. The molecule has 2 heteroatoms. The third kappa shape index (κ3) is 2.48. The summed E-state index contributed by atoms with van der Waals surface area (Å²) < 4.78 is 5.46. The Bertz CT molecular complexity index is 1230. The van der Waals surface area contributed by atoms with Crippen molar-refractivity contribution in [1.29, 1.82) is 0 Å². The third-order valence-corrected chi connectivity index (χ3v) is 8.66. The summed E-state index contributed by atoms with van der Waals surface area (Å²) in [5.74, 6) is 1.02. The van der Waals surface area contributed by atoms with Crippen LogP contribution >= 0.6 is 11.3 Å². The molecule has 3 heterocycles. The molecule has 1 nitrogen and oxygen atoms in total. The van der Waals surface area contributed by atoms with Gasteiger partial charge in [-0.25, -0.2) is 0 Å². The number of hydrogen-bond donors (Lipinski definition) is 0. The Morgan fingerprint density at radius 3 is 2.48 bits per heavy atom. The van der Waals surface area contributed by atoms with Crippen LogP contribution in [0.25, 0.3) is 31.4 Å². The smallest absolute Gasteiger partial charge is 0.192 e. The van der Waals surface area contributed by atoms with Gasteiger partial charge in [-0.05, 0) is 23.1 Å². The molecule has 29 heavy (non-hydrogen) atoms. The lowest BCUT2D eigenvalue weighted by molar-refractivity contribution is -0.762. The lowest BCUT2D eigenvalue weighted by Gasteiger charge is -2.38. The molecule has 0 aliphatic carbocycles. The molecule has 0 fully saturated rings. The highest BCUT2D eigenvalue weighted by molar-refractivity contribution is 7.26. The van der Waals surface area contributed by atoms with E-state index in [4.69, 9.17) is 0 Å².